The van der Waals surface area contributed by atoms with Crippen LogP contribution in [0.5, 0.6) is 0 Å². The third-order valence-electron chi connectivity index (χ3n) is 5.64. The summed E-state index contributed by atoms with van der Waals surface area (Å²) in [7, 11) is 0. The molecule has 0 bridgehead atoms. The molecule has 3 N–H and O–H groups in total. The van der Waals surface area contributed by atoms with Crippen molar-refractivity contribution < 1.29 is 13.6 Å². The van der Waals surface area contributed by atoms with E-state index in [1.165, 1.54) is 24.6 Å². The van der Waals surface area contributed by atoms with Crippen molar-refractivity contribution in [2.45, 2.75) is 19.4 Å². The van der Waals surface area contributed by atoms with E-state index in [1.807, 2.05) is 24.3 Å². The summed E-state index contributed by atoms with van der Waals surface area (Å²) in [4.78, 5) is 32.6. The minimum absolute atomic E-state index is 0.0267. The first-order chi connectivity index (χ1) is 17.7. The molecular formula is C26H24FN7O2. The fourth-order valence-electron chi connectivity index (χ4n) is 3.83. The quantitative estimate of drug-likeness (QED) is 0.259. The average molecular weight is 486 g/mol. The molecule has 0 aliphatic carbocycles. The summed E-state index contributed by atoms with van der Waals surface area (Å²) in [5.41, 5.74) is 4.39. The zero-order chi connectivity index (χ0) is 24.7. The van der Waals surface area contributed by atoms with E-state index in [2.05, 4.69) is 36.6 Å². The van der Waals surface area contributed by atoms with Gasteiger partial charge in [-0.3, -0.25) is 14.8 Å². The Morgan fingerprint density at radius 2 is 1.86 bits per heavy atom. The van der Waals surface area contributed by atoms with Crippen molar-refractivity contribution in [2.75, 3.05) is 13.1 Å². The molecule has 0 aliphatic rings. The van der Waals surface area contributed by atoms with Crippen LogP contribution >= 0.6 is 0 Å². The Hall–Kier alpha value is -4.44. The second-order valence-electron chi connectivity index (χ2n) is 8.11. The fourth-order valence-corrected chi connectivity index (χ4v) is 3.83. The lowest BCUT2D eigenvalue weighted by Gasteiger charge is -2.03. The van der Waals surface area contributed by atoms with Gasteiger partial charge in [0.1, 0.15) is 17.9 Å². The number of benzene rings is 1. The third kappa shape index (κ3) is 5.44. The van der Waals surface area contributed by atoms with Crippen molar-refractivity contribution in [3.8, 4) is 11.1 Å². The van der Waals surface area contributed by atoms with Gasteiger partial charge in [-0.15, -0.1) is 0 Å². The molecule has 1 aromatic carbocycles. The lowest BCUT2D eigenvalue weighted by molar-refractivity contribution is 0.0945. The monoisotopic (exact) mass is 485 g/mol. The van der Waals surface area contributed by atoms with E-state index < -0.39 is 11.7 Å². The van der Waals surface area contributed by atoms with Crippen LogP contribution in [0.4, 0.5) is 4.39 Å². The predicted octanol–water partition coefficient (Wildman–Crippen LogP) is 3.45. The smallest absolute Gasteiger partial charge is 0.273 e. The maximum atomic E-state index is 13.6. The molecular weight excluding hydrogens is 461 g/mol. The Labute approximate surface area is 206 Å². The molecule has 5 rings (SSSR count). The number of nitrogens with zero attached hydrogens (tertiary/aromatic N) is 4. The summed E-state index contributed by atoms with van der Waals surface area (Å²) in [6, 6.07) is 12.8. The van der Waals surface area contributed by atoms with Gasteiger partial charge in [0, 0.05) is 50.1 Å². The van der Waals surface area contributed by atoms with E-state index in [4.69, 9.17) is 9.40 Å². The summed E-state index contributed by atoms with van der Waals surface area (Å²) < 4.78 is 19.0. The van der Waals surface area contributed by atoms with Crippen molar-refractivity contribution in [1.29, 1.82) is 0 Å². The molecule has 9 nitrogen and oxygen atoms in total. The summed E-state index contributed by atoms with van der Waals surface area (Å²) >= 11 is 0. The highest BCUT2D eigenvalue weighted by atomic mass is 19.1. The highest BCUT2D eigenvalue weighted by Gasteiger charge is 2.13. The van der Waals surface area contributed by atoms with Crippen LogP contribution in [0.1, 0.15) is 27.9 Å². The standard InChI is InChI=1S/C26H24FN7O2/c27-19-4-2-10-30-21(19)15-31-26(35)22-16-36-24(33-22)9-14-29-13-8-23-32-20-5-1-3-18(25(20)34-23)17-6-11-28-12-7-17/h1-7,10-12,16,29H,8-9,13-15H2,(H,31,35)(H,32,34). The Morgan fingerprint density at radius 3 is 2.72 bits per heavy atom. The highest BCUT2D eigenvalue weighted by Crippen LogP contribution is 2.26. The summed E-state index contributed by atoms with van der Waals surface area (Å²) in [5, 5.41) is 5.94. The van der Waals surface area contributed by atoms with Gasteiger partial charge >= 0.3 is 0 Å². The lowest BCUT2D eigenvalue weighted by Crippen LogP contribution is -2.24. The number of pyridine rings is 2. The number of H-pyrrole nitrogens is 1. The minimum atomic E-state index is -0.471. The van der Waals surface area contributed by atoms with Gasteiger partial charge in [-0.1, -0.05) is 12.1 Å². The molecule has 36 heavy (non-hydrogen) atoms. The van der Waals surface area contributed by atoms with Crippen molar-refractivity contribution in [1.82, 2.24) is 35.6 Å². The number of amides is 1. The molecule has 4 heterocycles. The molecule has 0 fully saturated rings. The second kappa shape index (κ2) is 10.9. The zero-order valence-electron chi connectivity index (χ0n) is 19.4. The number of aromatic nitrogens is 5. The number of rotatable bonds is 10. The van der Waals surface area contributed by atoms with E-state index in [9.17, 15) is 9.18 Å². The van der Waals surface area contributed by atoms with Gasteiger partial charge in [-0.2, -0.15) is 0 Å². The normalized spacial score (nSPS) is 11.1. The number of carbonyl (C=O) groups is 1. The molecule has 0 unspecified atom stereocenters. The van der Waals surface area contributed by atoms with Gasteiger partial charge < -0.3 is 20.0 Å². The molecule has 0 aliphatic heterocycles. The van der Waals surface area contributed by atoms with E-state index in [0.29, 0.717) is 25.4 Å². The number of fused-ring (bicyclic) bond motifs is 1. The molecule has 0 radical (unpaired) electrons. The Kier molecular flexibility index (Phi) is 7.04. The number of oxazole rings is 1. The Morgan fingerprint density at radius 1 is 1.00 bits per heavy atom. The van der Waals surface area contributed by atoms with Gasteiger partial charge in [-0.05, 0) is 35.9 Å². The topological polar surface area (TPSA) is 122 Å². The second-order valence-corrected chi connectivity index (χ2v) is 8.11. The number of para-hydroxylation sites is 1. The number of hydrogen-bond donors (Lipinski definition) is 3. The maximum Gasteiger partial charge on any atom is 0.273 e. The Balaban J connectivity index is 1.09. The third-order valence-corrected chi connectivity index (χ3v) is 5.64. The minimum Gasteiger partial charge on any atom is -0.448 e. The van der Waals surface area contributed by atoms with Crippen molar-refractivity contribution in [2.24, 2.45) is 0 Å². The first-order valence-corrected chi connectivity index (χ1v) is 11.6. The van der Waals surface area contributed by atoms with Gasteiger partial charge in [0.05, 0.1) is 23.3 Å². The van der Waals surface area contributed by atoms with Crippen LogP contribution in [0.2, 0.25) is 0 Å². The van der Waals surface area contributed by atoms with Crippen LogP contribution in [0.15, 0.2) is 71.7 Å². The summed E-state index contributed by atoms with van der Waals surface area (Å²) in [6.07, 6.45) is 7.58. The molecule has 0 saturated carbocycles. The van der Waals surface area contributed by atoms with Crippen LogP contribution in [-0.4, -0.2) is 43.9 Å². The van der Waals surface area contributed by atoms with Crippen LogP contribution < -0.4 is 10.6 Å². The predicted molar refractivity (Wildman–Crippen MR) is 131 cm³/mol. The molecule has 1 amide bonds. The number of hydrogen-bond acceptors (Lipinski definition) is 7. The van der Waals surface area contributed by atoms with E-state index in [-0.39, 0.29) is 17.9 Å². The molecule has 0 atom stereocenters. The fraction of sp³-hybridized carbons (Fsp3) is 0.192. The first-order valence-electron chi connectivity index (χ1n) is 11.6. The van der Waals surface area contributed by atoms with Gasteiger partial charge in [0.15, 0.2) is 11.6 Å². The van der Waals surface area contributed by atoms with Gasteiger partial charge in [0.2, 0.25) is 0 Å². The highest BCUT2D eigenvalue weighted by molar-refractivity contribution is 5.92. The molecule has 182 valence electrons. The lowest BCUT2D eigenvalue weighted by atomic mass is 10.1. The largest absolute Gasteiger partial charge is 0.448 e. The van der Waals surface area contributed by atoms with Crippen molar-refractivity contribution in [3.05, 3.63) is 96.2 Å². The number of carbonyl (C=O) groups excluding carboxylic acids is 1. The molecule has 0 spiro atoms. The molecule has 5 aromatic rings. The Bertz CT molecular complexity index is 1470. The maximum absolute atomic E-state index is 13.6. The van der Waals surface area contributed by atoms with Gasteiger partial charge in [0.25, 0.3) is 5.91 Å². The van der Waals surface area contributed by atoms with Crippen LogP contribution in [0, 0.1) is 5.82 Å². The zero-order valence-corrected chi connectivity index (χ0v) is 19.4. The van der Waals surface area contributed by atoms with Crippen molar-refractivity contribution >= 4 is 16.9 Å². The molecule has 4 aromatic heterocycles. The van der Waals surface area contributed by atoms with E-state index >= 15 is 0 Å². The summed E-state index contributed by atoms with van der Waals surface area (Å²) in [5.74, 6) is 0.432. The molecule has 0 saturated heterocycles. The van der Waals surface area contributed by atoms with Crippen molar-refractivity contribution in [3.63, 3.8) is 0 Å². The number of aromatic amines is 1. The SMILES string of the molecule is O=C(NCc1ncccc1F)c1coc(CCNCCc2nc3c(-c4ccncc4)cccc3[nH]2)n1. The van der Waals surface area contributed by atoms with Crippen LogP contribution in [0.3, 0.4) is 0 Å². The number of nitrogens with one attached hydrogen (secondary N) is 3. The molecule has 10 heteroatoms. The summed E-state index contributed by atoms with van der Waals surface area (Å²) in [6.45, 7) is 1.32. The van der Waals surface area contributed by atoms with E-state index in [1.54, 1.807) is 12.4 Å². The number of halogens is 1. The average Bonchev–Trinajstić information content (AvgIpc) is 3.55. The first kappa shape index (κ1) is 23.3. The number of imidazole rings is 1. The van der Waals surface area contributed by atoms with E-state index in [0.717, 1.165) is 34.4 Å². The van der Waals surface area contributed by atoms with Crippen LogP contribution in [0.25, 0.3) is 22.2 Å². The van der Waals surface area contributed by atoms with Gasteiger partial charge in [-0.25, -0.2) is 14.4 Å². The van der Waals surface area contributed by atoms with Crippen LogP contribution in [-0.2, 0) is 19.4 Å².